The number of anilines is 1. The second kappa shape index (κ2) is 10.4. The highest BCUT2D eigenvalue weighted by atomic mass is 19.4. The Bertz CT molecular complexity index is 1800. The maximum absolute atomic E-state index is 13.9. The molecule has 2 fully saturated rings. The molecule has 3 heterocycles. The molecule has 1 spiro atoms. The second-order valence-electron chi connectivity index (χ2n) is 12.5. The van der Waals surface area contributed by atoms with Crippen molar-refractivity contribution in [1.82, 2.24) is 10.1 Å². The van der Waals surface area contributed by atoms with E-state index in [-0.39, 0.29) is 34.4 Å². The van der Waals surface area contributed by atoms with Crippen LogP contribution in [-0.4, -0.2) is 40.4 Å². The summed E-state index contributed by atoms with van der Waals surface area (Å²) in [4.78, 5) is 18.2. The van der Waals surface area contributed by atoms with Gasteiger partial charge in [0.2, 0.25) is 0 Å². The minimum absolute atomic E-state index is 0.0224. The van der Waals surface area contributed by atoms with Crippen molar-refractivity contribution >= 4 is 28.1 Å². The summed E-state index contributed by atoms with van der Waals surface area (Å²) >= 11 is 0. The predicted octanol–water partition coefficient (Wildman–Crippen LogP) is 8.35. The third kappa shape index (κ3) is 5.10. The molecule has 0 atom stereocenters. The molecule has 7 rings (SSSR count). The summed E-state index contributed by atoms with van der Waals surface area (Å²) in [6, 6.07) is 12.9. The number of nitrogens with zero attached hydrogens (tertiary/aromatic N) is 3. The summed E-state index contributed by atoms with van der Waals surface area (Å²) in [6.45, 7) is 5.40. The largest absolute Gasteiger partial charge is 0.490 e. The van der Waals surface area contributed by atoms with Crippen molar-refractivity contribution in [2.24, 2.45) is 5.41 Å². The minimum Gasteiger partial charge on any atom is -0.490 e. The fourth-order valence-electron chi connectivity index (χ4n) is 6.61. The van der Waals surface area contributed by atoms with Crippen molar-refractivity contribution < 1.29 is 32.3 Å². The zero-order valence-electron chi connectivity index (χ0n) is 24.4. The molecule has 2 aromatic heterocycles. The van der Waals surface area contributed by atoms with E-state index in [1.165, 1.54) is 18.2 Å². The number of alkyl halides is 3. The van der Waals surface area contributed by atoms with E-state index in [1.807, 2.05) is 32.0 Å². The number of rotatable bonds is 7. The topological polar surface area (TPSA) is 88.7 Å². The lowest BCUT2D eigenvalue weighted by molar-refractivity contribution is -0.137. The zero-order valence-corrected chi connectivity index (χ0v) is 24.4. The molecule has 10 heteroatoms. The number of aromatic carboxylic acids is 1. The molecule has 228 valence electrons. The summed E-state index contributed by atoms with van der Waals surface area (Å²) in [5.41, 5.74) is 2.90. The van der Waals surface area contributed by atoms with E-state index in [0.29, 0.717) is 17.0 Å². The number of carboxylic acids is 1. The van der Waals surface area contributed by atoms with Crippen molar-refractivity contribution in [3.05, 3.63) is 77.2 Å². The van der Waals surface area contributed by atoms with Crippen molar-refractivity contribution in [3.63, 3.8) is 0 Å². The molecule has 0 amide bonds. The van der Waals surface area contributed by atoms with Crippen LogP contribution in [0.3, 0.4) is 0 Å². The third-order valence-corrected chi connectivity index (χ3v) is 8.96. The number of aromatic nitrogens is 2. The predicted molar refractivity (Wildman–Crippen MR) is 160 cm³/mol. The monoisotopic (exact) mass is 603 g/mol. The van der Waals surface area contributed by atoms with Gasteiger partial charge in [-0.1, -0.05) is 29.4 Å². The van der Waals surface area contributed by atoms with Gasteiger partial charge in [0.25, 0.3) is 0 Å². The molecule has 1 N–H and O–H groups in total. The Labute approximate surface area is 252 Å². The number of allylic oxidation sites excluding steroid dienone is 2. The Morgan fingerprint density at radius 3 is 2.50 bits per heavy atom. The molecule has 7 nitrogen and oxygen atoms in total. The van der Waals surface area contributed by atoms with Crippen LogP contribution in [0.4, 0.5) is 18.9 Å². The highest BCUT2D eigenvalue weighted by Gasteiger charge is 2.45. The Morgan fingerprint density at radius 2 is 1.84 bits per heavy atom. The quantitative estimate of drug-likeness (QED) is 0.227. The molecule has 0 bridgehead atoms. The fraction of sp³-hybridized carbons (Fsp3) is 0.382. The minimum atomic E-state index is -4.49. The van der Waals surface area contributed by atoms with Gasteiger partial charge in [-0.05, 0) is 81.2 Å². The zero-order chi connectivity index (χ0) is 30.8. The summed E-state index contributed by atoms with van der Waals surface area (Å²) in [6.07, 6.45) is 2.11. The van der Waals surface area contributed by atoms with Crippen LogP contribution >= 0.6 is 0 Å². The van der Waals surface area contributed by atoms with E-state index in [0.717, 1.165) is 73.5 Å². The number of halogens is 3. The number of hydrogen-bond acceptors (Lipinski definition) is 6. The van der Waals surface area contributed by atoms with Crippen LogP contribution in [0.1, 0.15) is 79.2 Å². The molecule has 0 radical (unpaired) electrons. The van der Waals surface area contributed by atoms with E-state index < -0.39 is 17.7 Å². The van der Waals surface area contributed by atoms with E-state index in [2.05, 4.69) is 21.1 Å². The van der Waals surface area contributed by atoms with E-state index >= 15 is 0 Å². The maximum Gasteiger partial charge on any atom is 0.417 e. The fourth-order valence-corrected chi connectivity index (χ4v) is 6.61. The molecular weight excluding hydrogens is 571 g/mol. The lowest BCUT2D eigenvalue weighted by Crippen LogP contribution is -2.42. The van der Waals surface area contributed by atoms with E-state index in [4.69, 9.17) is 9.26 Å². The van der Waals surface area contributed by atoms with Crippen LogP contribution in [0.5, 0.6) is 5.75 Å². The lowest BCUT2D eigenvalue weighted by Gasteiger charge is -2.47. The van der Waals surface area contributed by atoms with Crippen LogP contribution in [-0.2, 0) is 6.18 Å². The van der Waals surface area contributed by atoms with Gasteiger partial charge >= 0.3 is 12.1 Å². The first-order chi connectivity index (χ1) is 21.0. The molecule has 2 aliphatic carbocycles. The van der Waals surface area contributed by atoms with Crippen LogP contribution in [0.2, 0.25) is 0 Å². The van der Waals surface area contributed by atoms with Crippen LogP contribution in [0, 0.1) is 5.41 Å². The van der Waals surface area contributed by atoms with Gasteiger partial charge in [-0.25, -0.2) is 9.78 Å². The Hall–Kier alpha value is -4.34. The first-order valence-corrected chi connectivity index (χ1v) is 15.0. The first-order valence-electron chi connectivity index (χ1n) is 15.0. The molecule has 3 aliphatic rings. The Kier molecular flexibility index (Phi) is 6.71. The van der Waals surface area contributed by atoms with Crippen molar-refractivity contribution in [2.45, 2.75) is 64.1 Å². The SMILES string of the molecule is CC(C)Oc1cc(C(=O)O)nc2ccc(N3CCC4(C=C(c5c(-c6ccccc6C(F)(F)F)noc5C5CC5)C4)CC3)cc12. The van der Waals surface area contributed by atoms with Crippen molar-refractivity contribution in [1.29, 1.82) is 0 Å². The number of ether oxygens (including phenoxy) is 1. The van der Waals surface area contributed by atoms with Crippen molar-refractivity contribution in [2.75, 3.05) is 18.0 Å². The van der Waals surface area contributed by atoms with E-state index in [1.54, 1.807) is 6.07 Å². The second-order valence-corrected chi connectivity index (χ2v) is 12.5. The molecular formula is C34H32F3N3O4. The highest BCUT2D eigenvalue weighted by Crippen LogP contribution is 2.56. The smallest absolute Gasteiger partial charge is 0.417 e. The number of pyridine rings is 1. The summed E-state index contributed by atoms with van der Waals surface area (Å²) in [7, 11) is 0. The maximum atomic E-state index is 13.9. The highest BCUT2D eigenvalue weighted by molar-refractivity contribution is 5.94. The number of benzene rings is 2. The number of carbonyl (C=O) groups is 1. The normalized spacial score (nSPS) is 18.0. The van der Waals surface area contributed by atoms with Gasteiger partial charge in [0, 0.05) is 47.3 Å². The Balaban J connectivity index is 1.14. The van der Waals surface area contributed by atoms with Crippen molar-refractivity contribution in [3.8, 4) is 17.0 Å². The van der Waals surface area contributed by atoms with Gasteiger partial charge in [0.1, 0.15) is 17.2 Å². The molecule has 2 aromatic carbocycles. The molecule has 1 saturated carbocycles. The molecule has 4 aromatic rings. The molecule has 1 saturated heterocycles. The standard InChI is InChI=1S/C34H32F3N3O4/c1-19(2)43-28-16-27(32(41)42)38-26-10-9-22(15-24(26)28)40-13-11-33(12-14-40)17-21(18-33)29-30(39-44-31(29)20-7-8-20)23-5-3-4-6-25(23)34(35,36)37/h3-6,9-10,15-17,19-20H,7-8,11-14,18H2,1-2H3,(H,41,42). The van der Waals surface area contributed by atoms with Gasteiger partial charge in [-0.3, -0.25) is 0 Å². The van der Waals surface area contributed by atoms with Gasteiger partial charge in [0.15, 0.2) is 5.69 Å². The van der Waals surface area contributed by atoms with Crippen LogP contribution in [0.25, 0.3) is 27.7 Å². The molecule has 0 unspecified atom stereocenters. The third-order valence-electron chi connectivity index (χ3n) is 8.96. The van der Waals surface area contributed by atoms with Crippen LogP contribution in [0.15, 0.2) is 59.1 Å². The van der Waals surface area contributed by atoms with Gasteiger partial charge in [0.05, 0.1) is 17.2 Å². The van der Waals surface area contributed by atoms with Crippen LogP contribution < -0.4 is 9.64 Å². The summed E-state index contributed by atoms with van der Waals surface area (Å²) in [5.74, 6) is 0.311. The summed E-state index contributed by atoms with van der Waals surface area (Å²) < 4.78 is 53.4. The average molecular weight is 604 g/mol. The molecule has 1 aliphatic heterocycles. The molecule has 44 heavy (non-hydrogen) atoms. The Morgan fingerprint density at radius 1 is 1.11 bits per heavy atom. The number of piperidine rings is 1. The average Bonchev–Trinajstić information content (AvgIpc) is 3.73. The van der Waals surface area contributed by atoms with Gasteiger partial charge < -0.3 is 19.3 Å². The number of hydrogen-bond donors (Lipinski definition) is 1. The first kappa shape index (κ1) is 28.4. The lowest BCUT2D eigenvalue weighted by atomic mass is 9.63. The summed E-state index contributed by atoms with van der Waals surface area (Å²) in [5, 5.41) is 14.5. The number of carboxylic acid groups (broad SMARTS) is 1. The number of fused-ring (bicyclic) bond motifs is 1. The van der Waals surface area contributed by atoms with Gasteiger partial charge in [-0.2, -0.15) is 13.2 Å². The van der Waals surface area contributed by atoms with E-state index in [9.17, 15) is 23.1 Å². The van der Waals surface area contributed by atoms with Gasteiger partial charge in [-0.15, -0.1) is 0 Å².